The van der Waals surface area contributed by atoms with Crippen LogP contribution in [0, 0.1) is 9.39 Å². The minimum absolute atomic E-state index is 0.130. The minimum Gasteiger partial charge on any atom is -0.459 e. The molecule has 1 unspecified atom stereocenters. The smallest absolute Gasteiger partial charge is 0.134 e. The summed E-state index contributed by atoms with van der Waals surface area (Å²) >= 11 is 8.38. The van der Waals surface area contributed by atoms with Crippen molar-refractivity contribution in [3.05, 3.63) is 68.2 Å². The Bertz CT molecular complexity index is 802. The van der Waals surface area contributed by atoms with Crippen molar-refractivity contribution in [3.8, 4) is 0 Å². The van der Waals surface area contributed by atoms with Crippen molar-refractivity contribution < 1.29 is 8.81 Å². The third-order valence-electron chi connectivity index (χ3n) is 3.35. The summed E-state index contributed by atoms with van der Waals surface area (Å²) in [6.45, 7) is 0. The topological polar surface area (TPSA) is 25.2 Å². The van der Waals surface area contributed by atoms with E-state index >= 15 is 0 Å². The van der Waals surface area contributed by atoms with Crippen LogP contribution in [0.25, 0.3) is 11.0 Å². The van der Waals surface area contributed by atoms with E-state index in [2.05, 4.69) is 27.9 Å². The summed E-state index contributed by atoms with van der Waals surface area (Å²) in [7, 11) is 1.85. The van der Waals surface area contributed by atoms with Gasteiger partial charge in [0.15, 0.2) is 0 Å². The maximum absolute atomic E-state index is 13.3. The lowest BCUT2D eigenvalue weighted by atomic mass is 10.0. The number of fused-ring (bicyclic) bond motifs is 1. The Labute approximate surface area is 140 Å². The van der Waals surface area contributed by atoms with Gasteiger partial charge in [0.1, 0.15) is 17.2 Å². The monoisotopic (exact) mass is 415 g/mol. The van der Waals surface area contributed by atoms with Crippen LogP contribution >= 0.6 is 34.2 Å². The molecule has 2 aromatic carbocycles. The lowest BCUT2D eigenvalue weighted by Crippen LogP contribution is -2.17. The third kappa shape index (κ3) is 2.93. The Hall–Kier alpha value is -1.11. The Morgan fingerprint density at radius 3 is 2.71 bits per heavy atom. The summed E-state index contributed by atoms with van der Waals surface area (Å²) in [5, 5.41) is 4.66. The van der Waals surface area contributed by atoms with Gasteiger partial charge in [0.05, 0.1) is 11.1 Å². The van der Waals surface area contributed by atoms with Gasteiger partial charge in [-0.15, -0.1) is 0 Å². The predicted molar refractivity (Wildman–Crippen MR) is 91.2 cm³/mol. The molecular weight excluding hydrogens is 404 g/mol. The number of furan rings is 1. The highest BCUT2D eigenvalue weighted by atomic mass is 127. The number of hydrogen-bond donors (Lipinski definition) is 1. The molecule has 3 aromatic rings. The van der Waals surface area contributed by atoms with Gasteiger partial charge in [-0.25, -0.2) is 4.39 Å². The lowest BCUT2D eigenvalue weighted by molar-refractivity contribution is 0.491. The molecule has 0 bridgehead atoms. The standard InChI is InChI=1S/C16H12ClFINO/c1-20-16(9-2-4-13(19)12(17)7-9)15-8-10-6-11(18)3-5-14(10)21-15/h2-8,16,20H,1H3. The fourth-order valence-electron chi connectivity index (χ4n) is 2.34. The van der Waals surface area contributed by atoms with Gasteiger partial charge in [-0.1, -0.05) is 17.7 Å². The molecule has 108 valence electrons. The van der Waals surface area contributed by atoms with E-state index in [4.69, 9.17) is 16.0 Å². The molecule has 1 atom stereocenters. The van der Waals surface area contributed by atoms with Crippen molar-refractivity contribution in [2.75, 3.05) is 7.05 Å². The number of nitrogens with one attached hydrogen (secondary N) is 1. The van der Waals surface area contributed by atoms with E-state index in [1.165, 1.54) is 12.1 Å². The normalized spacial score (nSPS) is 12.8. The van der Waals surface area contributed by atoms with E-state index in [-0.39, 0.29) is 11.9 Å². The number of benzene rings is 2. The van der Waals surface area contributed by atoms with Crippen LogP contribution < -0.4 is 5.32 Å². The molecule has 0 fully saturated rings. The second-order valence-electron chi connectivity index (χ2n) is 4.73. The zero-order valence-corrected chi connectivity index (χ0v) is 14.1. The second-order valence-corrected chi connectivity index (χ2v) is 6.30. The summed E-state index contributed by atoms with van der Waals surface area (Å²) in [6, 6.07) is 12.1. The molecule has 0 amide bonds. The highest BCUT2D eigenvalue weighted by molar-refractivity contribution is 14.1. The van der Waals surface area contributed by atoms with E-state index in [1.54, 1.807) is 6.07 Å². The van der Waals surface area contributed by atoms with Gasteiger partial charge in [0.25, 0.3) is 0 Å². The first-order valence-electron chi connectivity index (χ1n) is 6.39. The highest BCUT2D eigenvalue weighted by Gasteiger charge is 2.18. The molecule has 3 rings (SSSR count). The SMILES string of the molecule is CNC(c1ccc(I)c(Cl)c1)c1cc2cc(F)ccc2o1. The Morgan fingerprint density at radius 1 is 1.19 bits per heavy atom. The molecule has 0 radical (unpaired) electrons. The minimum atomic E-state index is -0.270. The van der Waals surface area contributed by atoms with Gasteiger partial charge in [-0.05, 0) is 71.6 Å². The van der Waals surface area contributed by atoms with Crippen LogP contribution in [0.3, 0.4) is 0 Å². The van der Waals surface area contributed by atoms with Crippen LogP contribution in [-0.4, -0.2) is 7.05 Å². The van der Waals surface area contributed by atoms with Crippen molar-refractivity contribution in [1.82, 2.24) is 5.32 Å². The van der Waals surface area contributed by atoms with Crippen molar-refractivity contribution >= 4 is 45.2 Å². The number of hydrogen-bond acceptors (Lipinski definition) is 2. The first-order chi connectivity index (χ1) is 10.1. The average molecular weight is 416 g/mol. The Kier molecular flexibility index (Phi) is 4.19. The summed E-state index contributed by atoms with van der Waals surface area (Å²) in [5.41, 5.74) is 1.67. The fraction of sp³-hybridized carbons (Fsp3) is 0.125. The van der Waals surface area contributed by atoms with Crippen LogP contribution in [0.4, 0.5) is 4.39 Å². The second kappa shape index (κ2) is 5.94. The largest absolute Gasteiger partial charge is 0.459 e. The van der Waals surface area contributed by atoms with Crippen LogP contribution in [0.5, 0.6) is 0 Å². The van der Waals surface area contributed by atoms with E-state index in [0.29, 0.717) is 10.6 Å². The molecule has 2 nitrogen and oxygen atoms in total. The van der Waals surface area contributed by atoms with Crippen molar-refractivity contribution in [2.24, 2.45) is 0 Å². The molecule has 21 heavy (non-hydrogen) atoms. The van der Waals surface area contributed by atoms with Gasteiger partial charge < -0.3 is 9.73 Å². The molecule has 0 aliphatic carbocycles. The van der Waals surface area contributed by atoms with Gasteiger partial charge >= 0.3 is 0 Å². The molecule has 0 aliphatic rings. The van der Waals surface area contributed by atoms with E-state index < -0.39 is 0 Å². The third-order valence-corrected chi connectivity index (χ3v) is 4.92. The van der Waals surface area contributed by atoms with E-state index in [0.717, 1.165) is 20.3 Å². The Morgan fingerprint density at radius 2 is 2.00 bits per heavy atom. The van der Waals surface area contributed by atoms with Crippen LogP contribution in [0.15, 0.2) is 46.9 Å². The predicted octanol–water partition coefficient (Wildman–Crippen LogP) is 5.14. The molecule has 0 saturated carbocycles. The molecule has 1 N–H and O–H groups in total. The number of halogens is 3. The van der Waals surface area contributed by atoms with Crippen molar-refractivity contribution in [1.29, 1.82) is 0 Å². The average Bonchev–Trinajstić information content (AvgIpc) is 2.86. The quantitative estimate of drug-likeness (QED) is 0.599. The summed E-state index contributed by atoms with van der Waals surface area (Å²) in [4.78, 5) is 0. The molecule has 5 heteroatoms. The molecule has 1 aromatic heterocycles. The molecular formula is C16H12ClFINO. The highest BCUT2D eigenvalue weighted by Crippen LogP contribution is 2.30. The van der Waals surface area contributed by atoms with E-state index in [1.807, 2.05) is 31.3 Å². The van der Waals surface area contributed by atoms with Gasteiger partial charge in [0, 0.05) is 8.96 Å². The maximum atomic E-state index is 13.3. The summed E-state index contributed by atoms with van der Waals surface area (Å²) < 4.78 is 20.1. The van der Waals surface area contributed by atoms with E-state index in [9.17, 15) is 4.39 Å². The summed E-state index contributed by atoms with van der Waals surface area (Å²) in [5.74, 6) is 0.462. The van der Waals surface area contributed by atoms with Crippen LogP contribution in [0.2, 0.25) is 5.02 Å². The number of rotatable bonds is 3. The van der Waals surface area contributed by atoms with Crippen LogP contribution in [-0.2, 0) is 0 Å². The van der Waals surface area contributed by atoms with Gasteiger partial charge in [0.2, 0.25) is 0 Å². The van der Waals surface area contributed by atoms with Gasteiger partial charge in [-0.2, -0.15) is 0 Å². The first kappa shape index (κ1) is 14.8. The van der Waals surface area contributed by atoms with Crippen molar-refractivity contribution in [3.63, 3.8) is 0 Å². The molecule has 1 heterocycles. The molecule has 0 spiro atoms. The van der Waals surface area contributed by atoms with Crippen LogP contribution in [0.1, 0.15) is 17.4 Å². The van der Waals surface area contributed by atoms with Gasteiger partial charge in [-0.3, -0.25) is 0 Å². The summed E-state index contributed by atoms with van der Waals surface area (Å²) in [6.07, 6.45) is 0. The zero-order chi connectivity index (χ0) is 15.0. The van der Waals surface area contributed by atoms with Crippen molar-refractivity contribution in [2.45, 2.75) is 6.04 Å². The first-order valence-corrected chi connectivity index (χ1v) is 7.85. The Balaban J connectivity index is 2.06. The molecule has 0 saturated heterocycles. The zero-order valence-electron chi connectivity index (χ0n) is 11.2. The fourth-order valence-corrected chi connectivity index (χ4v) is 2.87. The maximum Gasteiger partial charge on any atom is 0.134 e. The lowest BCUT2D eigenvalue weighted by Gasteiger charge is -2.14. The molecule has 0 aliphatic heterocycles.